The van der Waals surface area contributed by atoms with Crippen molar-refractivity contribution in [1.82, 2.24) is 5.43 Å². The van der Waals surface area contributed by atoms with Gasteiger partial charge in [0.25, 0.3) is 0 Å². The summed E-state index contributed by atoms with van der Waals surface area (Å²) in [4.78, 5) is 23.9. The molecule has 26 heavy (non-hydrogen) atoms. The average Bonchev–Trinajstić information content (AvgIpc) is 2.66. The number of amides is 2. The van der Waals surface area contributed by atoms with Crippen molar-refractivity contribution in [1.29, 1.82) is 0 Å². The number of nitrogens with zero attached hydrogens (tertiary/aromatic N) is 1. The van der Waals surface area contributed by atoms with Crippen molar-refractivity contribution in [2.75, 3.05) is 19.5 Å². The van der Waals surface area contributed by atoms with E-state index in [-0.39, 0.29) is 0 Å². The van der Waals surface area contributed by atoms with Crippen LogP contribution in [0.5, 0.6) is 11.5 Å². The summed E-state index contributed by atoms with van der Waals surface area (Å²) in [5, 5.41) is 6.48. The van der Waals surface area contributed by atoms with Gasteiger partial charge in [0, 0.05) is 11.3 Å². The molecule has 136 valence electrons. The van der Waals surface area contributed by atoms with E-state index < -0.39 is 11.8 Å². The Kier molecular flexibility index (Phi) is 6.32. The molecule has 0 spiro atoms. The third-order valence-electron chi connectivity index (χ3n) is 3.64. The minimum Gasteiger partial charge on any atom is -0.497 e. The molecule has 0 aliphatic heterocycles. The molecular weight excluding hydrogens is 334 g/mol. The van der Waals surface area contributed by atoms with E-state index in [0.29, 0.717) is 28.5 Å². The van der Waals surface area contributed by atoms with Gasteiger partial charge in [-0.15, -0.1) is 0 Å². The summed E-state index contributed by atoms with van der Waals surface area (Å²) in [6.07, 6.45) is 0. The highest BCUT2D eigenvalue weighted by atomic mass is 16.5. The summed E-state index contributed by atoms with van der Waals surface area (Å²) in [6.45, 7) is 3.62. The quantitative estimate of drug-likeness (QED) is 0.490. The summed E-state index contributed by atoms with van der Waals surface area (Å²) in [5.74, 6) is -0.473. The zero-order valence-electron chi connectivity index (χ0n) is 15.1. The zero-order valence-corrected chi connectivity index (χ0v) is 15.1. The summed E-state index contributed by atoms with van der Waals surface area (Å²) >= 11 is 0. The van der Waals surface area contributed by atoms with Gasteiger partial charge in [0.1, 0.15) is 11.5 Å². The second-order valence-corrected chi connectivity index (χ2v) is 5.52. The van der Waals surface area contributed by atoms with E-state index in [4.69, 9.17) is 9.47 Å². The van der Waals surface area contributed by atoms with Gasteiger partial charge in [-0.25, -0.2) is 5.43 Å². The number of ether oxygens (including phenoxy) is 2. The molecular formula is C19H21N3O4. The van der Waals surface area contributed by atoms with E-state index in [0.717, 1.165) is 5.56 Å². The largest absolute Gasteiger partial charge is 0.497 e. The van der Waals surface area contributed by atoms with Crippen molar-refractivity contribution < 1.29 is 19.1 Å². The first-order chi connectivity index (χ1) is 12.4. The number of carbonyl (C=O) groups is 2. The van der Waals surface area contributed by atoms with Gasteiger partial charge in [0.15, 0.2) is 0 Å². The Morgan fingerprint density at radius 1 is 0.962 bits per heavy atom. The minimum absolute atomic E-state index is 0.470. The maximum absolute atomic E-state index is 11.9. The summed E-state index contributed by atoms with van der Waals surface area (Å²) in [6, 6.07) is 12.3. The number of anilines is 1. The van der Waals surface area contributed by atoms with Gasteiger partial charge in [-0.2, -0.15) is 5.10 Å². The van der Waals surface area contributed by atoms with Gasteiger partial charge < -0.3 is 14.8 Å². The van der Waals surface area contributed by atoms with Crippen molar-refractivity contribution in [3.05, 3.63) is 53.6 Å². The second-order valence-electron chi connectivity index (χ2n) is 5.52. The van der Waals surface area contributed by atoms with Crippen LogP contribution in [-0.4, -0.2) is 31.7 Å². The van der Waals surface area contributed by atoms with Gasteiger partial charge in [-0.05, 0) is 44.2 Å². The van der Waals surface area contributed by atoms with E-state index in [9.17, 15) is 9.59 Å². The van der Waals surface area contributed by atoms with Gasteiger partial charge in [0.2, 0.25) is 0 Å². The molecule has 0 radical (unpaired) electrons. The standard InChI is InChI=1S/C19H21N3O4/c1-12-5-7-14(8-6-12)20-18(23)19(24)22-21-13(2)16-11-15(25-3)9-10-17(16)26-4/h5-11H,1-4H3,(H,20,23)(H,22,24)/b21-13-. The number of nitrogens with one attached hydrogen (secondary N) is 2. The van der Waals surface area contributed by atoms with Crippen molar-refractivity contribution >= 4 is 23.2 Å². The molecule has 2 rings (SSSR count). The SMILES string of the molecule is COc1ccc(OC)c(/C(C)=N\NC(=O)C(=O)Nc2ccc(C)cc2)c1. The lowest BCUT2D eigenvalue weighted by atomic mass is 10.1. The highest BCUT2D eigenvalue weighted by Gasteiger charge is 2.14. The van der Waals surface area contributed by atoms with Gasteiger partial charge in [-0.1, -0.05) is 17.7 Å². The Balaban J connectivity index is 2.06. The molecule has 2 N–H and O–H groups in total. The number of hydrogen-bond donors (Lipinski definition) is 2. The maximum Gasteiger partial charge on any atom is 0.329 e. The minimum atomic E-state index is -0.869. The van der Waals surface area contributed by atoms with Crippen LogP contribution in [0.2, 0.25) is 0 Å². The number of carbonyl (C=O) groups excluding carboxylic acids is 2. The Morgan fingerprint density at radius 2 is 1.65 bits per heavy atom. The Hall–Kier alpha value is -3.35. The van der Waals surface area contributed by atoms with Gasteiger partial charge in [-0.3, -0.25) is 9.59 Å². The number of methoxy groups -OCH3 is 2. The first-order valence-corrected chi connectivity index (χ1v) is 7.89. The van der Waals surface area contributed by atoms with Crippen LogP contribution in [-0.2, 0) is 9.59 Å². The monoisotopic (exact) mass is 355 g/mol. The highest BCUT2D eigenvalue weighted by Crippen LogP contribution is 2.24. The molecule has 0 aliphatic rings. The van der Waals surface area contributed by atoms with Crippen LogP contribution < -0.4 is 20.2 Å². The van der Waals surface area contributed by atoms with Crippen LogP contribution in [0.1, 0.15) is 18.1 Å². The smallest absolute Gasteiger partial charge is 0.329 e. The molecule has 2 aromatic carbocycles. The van der Waals surface area contributed by atoms with Crippen molar-refractivity contribution in [2.24, 2.45) is 5.10 Å². The predicted molar refractivity (Wildman–Crippen MR) is 99.7 cm³/mol. The molecule has 0 saturated carbocycles. The number of rotatable bonds is 5. The molecule has 0 fully saturated rings. The van der Waals surface area contributed by atoms with Crippen LogP contribution in [0.25, 0.3) is 0 Å². The first kappa shape index (κ1) is 19.0. The zero-order chi connectivity index (χ0) is 19.1. The van der Waals surface area contributed by atoms with E-state index in [1.807, 2.05) is 19.1 Å². The van der Waals surface area contributed by atoms with E-state index in [2.05, 4.69) is 15.8 Å². The fraction of sp³-hybridized carbons (Fsp3) is 0.211. The lowest BCUT2D eigenvalue weighted by Crippen LogP contribution is -2.33. The topological polar surface area (TPSA) is 89.0 Å². The average molecular weight is 355 g/mol. The fourth-order valence-corrected chi connectivity index (χ4v) is 2.17. The molecule has 0 aliphatic carbocycles. The molecule has 0 atom stereocenters. The molecule has 0 heterocycles. The molecule has 0 aromatic heterocycles. The second kappa shape index (κ2) is 8.66. The van der Waals surface area contributed by atoms with Crippen LogP contribution in [0, 0.1) is 6.92 Å². The lowest BCUT2D eigenvalue weighted by molar-refractivity contribution is -0.136. The van der Waals surface area contributed by atoms with E-state index in [1.54, 1.807) is 44.4 Å². The molecule has 7 heteroatoms. The number of benzene rings is 2. The van der Waals surface area contributed by atoms with Crippen molar-refractivity contribution in [2.45, 2.75) is 13.8 Å². The number of aryl methyl sites for hydroxylation is 1. The number of hydrogen-bond acceptors (Lipinski definition) is 5. The Labute approximate surface area is 152 Å². The van der Waals surface area contributed by atoms with E-state index >= 15 is 0 Å². The number of hydrazone groups is 1. The third kappa shape index (κ3) is 4.83. The molecule has 0 saturated heterocycles. The van der Waals surface area contributed by atoms with Crippen molar-refractivity contribution in [3.63, 3.8) is 0 Å². The molecule has 0 unspecified atom stereocenters. The third-order valence-corrected chi connectivity index (χ3v) is 3.64. The molecule has 7 nitrogen and oxygen atoms in total. The predicted octanol–water partition coefficient (Wildman–Crippen LogP) is 2.49. The summed E-state index contributed by atoms with van der Waals surface area (Å²) in [5.41, 5.74) is 4.94. The van der Waals surface area contributed by atoms with Crippen LogP contribution in [0.15, 0.2) is 47.6 Å². The molecule has 2 amide bonds. The molecule has 0 bridgehead atoms. The van der Waals surface area contributed by atoms with Crippen LogP contribution in [0.3, 0.4) is 0 Å². The highest BCUT2D eigenvalue weighted by molar-refractivity contribution is 6.39. The molecule has 2 aromatic rings. The van der Waals surface area contributed by atoms with Gasteiger partial charge >= 0.3 is 11.8 Å². The van der Waals surface area contributed by atoms with Crippen LogP contribution in [0.4, 0.5) is 5.69 Å². The van der Waals surface area contributed by atoms with Crippen LogP contribution >= 0.6 is 0 Å². The Bertz CT molecular complexity index is 829. The normalized spacial score (nSPS) is 10.8. The first-order valence-electron chi connectivity index (χ1n) is 7.89. The summed E-state index contributed by atoms with van der Waals surface area (Å²) in [7, 11) is 3.08. The van der Waals surface area contributed by atoms with Gasteiger partial charge in [0.05, 0.1) is 19.9 Å². The fourth-order valence-electron chi connectivity index (χ4n) is 2.17. The maximum atomic E-state index is 11.9. The Morgan fingerprint density at radius 3 is 2.27 bits per heavy atom. The van der Waals surface area contributed by atoms with E-state index in [1.165, 1.54) is 7.11 Å². The summed E-state index contributed by atoms with van der Waals surface area (Å²) < 4.78 is 10.5. The lowest BCUT2D eigenvalue weighted by Gasteiger charge is -2.10. The van der Waals surface area contributed by atoms with Crippen molar-refractivity contribution in [3.8, 4) is 11.5 Å².